The van der Waals surface area contributed by atoms with Crippen molar-refractivity contribution in [3.8, 4) is 39.5 Å². The largest absolute Gasteiger partial charge is 0.489 e. The average Bonchev–Trinajstić information content (AvgIpc) is 3.81. The monoisotopic (exact) mass is 712 g/mol. The van der Waals surface area contributed by atoms with E-state index in [-0.39, 0.29) is 52.1 Å². The lowest BCUT2D eigenvalue weighted by Crippen LogP contribution is -2.42. The smallest absolute Gasteiger partial charge is 0.246 e. The number of carbonyl (C=O) groups is 1. The molecule has 0 bridgehead atoms. The molecule has 0 unspecified atom stereocenters. The minimum atomic E-state index is -0.918. The summed E-state index contributed by atoms with van der Waals surface area (Å²) < 4.78 is 63.6. The number of rotatable bonds is 6. The number of aryl methyl sites for hydroxylation is 2. The summed E-state index contributed by atoms with van der Waals surface area (Å²) in [6.45, 7) is 10.8. The van der Waals surface area contributed by atoms with Crippen LogP contribution >= 0.6 is 11.3 Å². The van der Waals surface area contributed by atoms with Gasteiger partial charge < -0.3 is 14.4 Å². The van der Waals surface area contributed by atoms with Gasteiger partial charge in [-0.3, -0.25) is 14.2 Å². The first kappa shape index (κ1) is 33.2. The van der Waals surface area contributed by atoms with Crippen LogP contribution in [0.4, 0.5) is 13.2 Å². The first-order chi connectivity index (χ1) is 24.5. The molecule has 0 radical (unpaired) electrons. The van der Waals surface area contributed by atoms with E-state index in [2.05, 4.69) is 11.7 Å². The van der Waals surface area contributed by atoms with Crippen molar-refractivity contribution in [3.63, 3.8) is 0 Å². The molecular weight excluding hydrogens is 678 g/mol. The van der Waals surface area contributed by atoms with E-state index in [9.17, 15) is 9.18 Å². The van der Waals surface area contributed by atoms with Gasteiger partial charge in [0.1, 0.15) is 40.7 Å². The molecule has 9 nitrogen and oxygen atoms in total. The second-order valence-electron chi connectivity index (χ2n) is 13.2. The predicted molar refractivity (Wildman–Crippen MR) is 190 cm³/mol. The first-order valence-electron chi connectivity index (χ1n) is 16.8. The number of amides is 1. The van der Waals surface area contributed by atoms with Crippen LogP contribution in [0.3, 0.4) is 0 Å². The normalized spacial score (nSPS) is 18.1. The molecule has 0 spiro atoms. The topological polar surface area (TPSA) is 87.3 Å². The van der Waals surface area contributed by atoms with E-state index in [4.69, 9.17) is 19.6 Å². The van der Waals surface area contributed by atoms with Crippen LogP contribution in [-0.2, 0) is 16.6 Å². The minimum absolute atomic E-state index is 0.0547. The van der Waals surface area contributed by atoms with E-state index in [1.165, 1.54) is 11.5 Å². The Morgan fingerprint density at radius 1 is 1.04 bits per heavy atom. The third-order valence-electron chi connectivity index (χ3n) is 10.0. The zero-order valence-electron chi connectivity index (χ0n) is 28.5. The van der Waals surface area contributed by atoms with Gasteiger partial charge in [-0.2, -0.15) is 10.2 Å². The molecular formula is C38H35F3N6O3S. The summed E-state index contributed by atoms with van der Waals surface area (Å²) in [6.07, 6.45) is 1.98. The van der Waals surface area contributed by atoms with Crippen LogP contribution in [0.1, 0.15) is 50.2 Å². The predicted octanol–water partition coefficient (Wildman–Crippen LogP) is 8.31. The maximum atomic E-state index is 16.4. The Morgan fingerprint density at radius 3 is 2.59 bits per heavy atom. The Balaban J connectivity index is 1.42. The molecule has 6 heterocycles. The van der Waals surface area contributed by atoms with Crippen molar-refractivity contribution in [1.29, 1.82) is 0 Å². The Labute approximate surface area is 295 Å². The molecule has 6 aromatic rings. The van der Waals surface area contributed by atoms with Crippen LogP contribution < -0.4 is 4.74 Å². The van der Waals surface area contributed by atoms with Crippen molar-refractivity contribution < 1.29 is 27.4 Å². The van der Waals surface area contributed by atoms with Crippen molar-refractivity contribution >= 4 is 38.2 Å². The quantitative estimate of drug-likeness (QED) is 0.162. The molecule has 2 aliphatic heterocycles. The lowest BCUT2D eigenvalue weighted by molar-refractivity contribution is -0.129. The van der Waals surface area contributed by atoms with Gasteiger partial charge in [-0.1, -0.05) is 18.7 Å². The molecule has 2 aliphatic rings. The number of ether oxygens (including phenoxy) is 2. The number of aromatic nitrogens is 5. The SMILES string of the molecule is C=CC(=O)N1C[C@H](C)n2nc(-c3nc(-c4ccc5c(C)n(C)nc5c4)c4scc(F)c4c3-c3c(F)cc(F)cc3OC3CCOCC3)cc2[C@H]1C. The average molecular weight is 713 g/mol. The van der Waals surface area contributed by atoms with E-state index >= 15 is 8.78 Å². The fourth-order valence-corrected chi connectivity index (χ4v) is 8.24. The van der Waals surface area contributed by atoms with Crippen LogP contribution in [-0.4, -0.2) is 61.2 Å². The highest BCUT2D eigenvalue weighted by Crippen LogP contribution is 2.49. The lowest BCUT2D eigenvalue weighted by atomic mass is 9.94. The molecule has 1 saturated heterocycles. The molecule has 1 amide bonds. The van der Waals surface area contributed by atoms with E-state index in [1.807, 2.05) is 50.7 Å². The Bertz CT molecular complexity index is 2380. The van der Waals surface area contributed by atoms with Gasteiger partial charge in [-0.15, -0.1) is 11.3 Å². The van der Waals surface area contributed by atoms with E-state index < -0.39 is 17.5 Å². The number of carbonyl (C=O) groups excluding carboxylic acids is 1. The Morgan fingerprint density at radius 2 is 1.82 bits per heavy atom. The van der Waals surface area contributed by atoms with E-state index in [0.717, 1.165) is 45.8 Å². The summed E-state index contributed by atoms with van der Waals surface area (Å²) in [7, 11) is 1.87. The van der Waals surface area contributed by atoms with Gasteiger partial charge in [0.2, 0.25) is 5.91 Å². The summed E-state index contributed by atoms with van der Waals surface area (Å²) in [6, 6.07) is 8.91. The standard InChI is InChI=1S/C38H35F3N6O3S/c1-6-32(48)46-17-19(2)47-30(21(46)4)16-29(44-47)37-35(33-26(40)14-23(39)15-31(33)50-24-9-11-49-12-10-24)34-27(41)18-51-38(34)36(42-37)22-7-8-25-20(3)45(5)43-28(25)13-22/h6-8,13-16,18-19,21,24H,1,9-12,17H2,2-5H3/t19-,21+/m0/s1. The van der Waals surface area contributed by atoms with Crippen molar-refractivity contribution in [3.05, 3.63) is 83.3 Å². The maximum Gasteiger partial charge on any atom is 0.246 e. The number of hydrogen-bond donors (Lipinski definition) is 0. The van der Waals surface area contributed by atoms with Gasteiger partial charge in [0.05, 0.1) is 52.5 Å². The van der Waals surface area contributed by atoms with Gasteiger partial charge in [-0.05, 0) is 39.0 Å². The highest BCUT2D eigenvalue weighted by Gasteiger charge is 2.35. The highest BCUT2D eigenvalue weighted by atomic mass is 32.1. The highest BCUT2D eigenvalue weighted by molar-refractivity contribution is 7.17. The van der Waals surface area contributed by atoms with Crippen LogP contribution in [0, 0.1) is 24.4 Å². The fourth-order valence-electron chi connectivity index (χ4n) is 7.31. The zero-order chi connectivity index (χ0) is 35.7. The third kappa shape index (κ3) is 5.50. The summed E-state index contributed by atoms with van der Waals surface area (Å²) in [5.74, 6) is -2.59. The molecule has 2 aromatic carbocycles. The Kier molecular flexibility index (Phi) is 8.22. The molecule has 8 rings (SSSR count). The summed E-state index contributed by atoms with van der Waals surface area (Å²) in [5.41, 5.74) is 4.15. The summed E-state index contributed by atoms with van der Waals surface area (Å²) in [5, 5.41) is 12.1. The minimum Gasteiger partial charge on any atom is -0.489 e. The zero-order valence-corrected chi connectivity index (χ0v) is 29.4. The van der Waals surface area contributed by atoms with Crippen LogP contribution in [0.25, 0.3) is 54.8 Å². The molecule has 51 heavy (non-hydrogen) atoms. The maximum absolute atomic E-state index is 16.4. The van der Waals surface area contributed by atoms with Crippen molar-refractivity contribution in [2.24, 2.45) is 7.05 Å². The second-order valence-corrected chi connectivity index (χ2v) is 14.1. The number of benzene rings is 2. The molecule has 1 fully saturated rings. The van der Waals surface area contributed by atoms with Crippen molar-refractivity contribution in [2.75, 3.05) is 19.8 Å². The molecule has 2 atom stereocenters. The number of fused-ring (bicyclic) bond motifs is 3. The molecule has 0 N–H and O–H groups in total. The molecule has 4 aromatic heterocycles. The number of nitrogens with zero attached hydrogens (tertiary/aromatic N) is 6. The van der Waals surface area contributed by atoms with Crippen LogP contribution in [0.5, 0.6) is 5.75 Å². The summed E-state index contributed by atoms with van der Waals surface area (Å²) in [4.78, 5) is 19.7. The fraction of sp³-hybridized carbons (Fsp3) is 0.316. The number of pyridine rings is 1. The van der Waals surface area contributed by atoms with E-state index in [1.54, 1.807) is 15.6 Å². The van der Waals surface area contributed by atoms with Crippen molar-refractivity contribution in [2.45, 2.75) is 51.8 Å². The number of halogens is 3. The molecule has 0 saturated carbocycles. The first-order valence-corrected chi connectivity index (χ1v) is 17.7. The molecule has 13 heteroatoms. The lowest BCUT2D eigenvalue weighted by Gasteiger charge is -2.36. The third-order valence-corrected chi connectivity index (χ3v) is 11.0. The van der Waals surface area contributed by atoms with Gasteiger partial charge in [-0.25, -0.2) is 18.2 Å². The van der Waals surface area contributed by atoms with Gasteiger partial charge >= 0.3 is 0 Å². The molecule has 0 aliphatic carbocycles. The van der Waals surface area contributed by atoms with Crippen LogP contribution in [0.15, 0.2) is 54.4 Å². The van der Waals surface area contributed by atoms with Gasteiger partial charge in [0.25, 0.3) is 0 Å². The van der Waals surface area contributed by atoms with Gasteiger partial charge in [0, 0.05) is 71.5 Å². The van der Waals surface area contributed by atoms with E-state index in [0.29, 0.717) is 54.3 Å². The Hall–Kier alpha value is -5.01. The summed E-state index contributed by atoms with van der Waals surface area (Å²) >= 11 is 1.15. The van der Waals surface area contributed by atoms with Crippen molar-refractivity contribution in [1.82, 2.24) is 29.4 Å². The molecule has 262 valence electrons. The van der Waals surface area contributed by atoms with Crippen LogP contribution in [0.2, 0.25) is 0 Å². The second kappa shape index (κ2) is 12.6. The number of hydrogen-bond acceptors (Lipinski definition) is 7. The van der Waals surface area contributed by atoms with Gasteiger partial charge in [0.15, 0.2) is 0 Å². The number of thiophene rings is 1.